The monoisotopic (exact) mass is 585 g/mol. The molecule has 8 nitrogen and oxygen atoms in total. The van der Waals surface area contributed by atoms with Gasteiger partial charge in [-0.25, -0.2) is 0 Å². The van der Waals surface area contributed by atoms with Gasteiger partial charge in [-0.05, 0) is 36.8 Å². The number of likely N-dealkylation sites (tertiary alicyclic amines) is 1. The van der Waals surface area contributed by atoms with Crippen molar-refractivity contribution >= 4 is 17.7 Å². The zero-order valence-corrected chi connectivity index (χ0v) is 25.2. The molecule has 0 aliphatic carbocycles. The second-order valence-corrected chi connectivity index (χ2v) is 12.1. The topological polar surface area (TPSA) is 90.4 Å². The summed E-state index contributed by atoms with van der Waals surface area (Å²) in [5.41, 5.74) is -0.129. The fraction of sp³-hybridized carbons (Fsp3) is 0.457. The summed E-state index contributed by atoms with van der Waals surface area (Å²) in [5.74, 6) is -2.30. The van der Waals surface area contributed by atoms with Crippen molar-refractivity contribution in [3.05, 3.63) is 97.1 Å². The minimum Gasteiger partial charge on any atom is -0.394 e. The highest BCUT2D eigenvalue weighted by atomic mass is 16.5. The van der Waals surface area contributed by atoms with E-state index in [-0.39, 0.29) is 30.9 Å². The molecule has 3 aliphatic heterocycles. The molecule has 43 heavy (non-hydrogen) atoms. The van der Waals surface area contributed by atoms with E-state index in [0.717, 1.165) is 11.1 Å². The number of hydrogen-bond acceptors (Lipinski definition) is 5. The van der Waals surface area contributed by atoms with Gasteiger partial charge in [0.2, 0.25) is 17.7 Å². The highest BCUT2D eigenvalue weighted by Gasteiger charge is 2.79. The van der Waals surface area contributed by atoms with E-state index < -0.39 is 35.1 Å². The third-order valence-electron chi connectivity index (χ3n) is 9.69. The van der Waals surface area contributed by atoms with Gasteiger partial charge in [-0.1, -0.05) is 79.7 Å². The van der Waals surface area contributed by atoms with Gasteiger partial charge < -0.3 is 24.5 Å². The van der Waals surface area contributed by atoms with Crippen molar-refractivity contribution in [2.75, 3.05) is 26.7 Å². The van der Waals surface area contributed by atoms with E-state index in [0.29, 0.717) is 38.8 Å². The molecule has 1 spiro atoms. The predicted molar refractivity (Wildman–Crippen MR) is 165 cm³/mol. The van der Waals surface area contributed by atoms with Gasteiger partial charge in [0, 0.05) is 26.7 Å². The van der Waals surface area contributed by atoms with E-state index in [1.807, 2.05) is 67.6 Å². The molecular weight excluding hydrogens is 542 g/mol. The van der Waals surface area contributed by atoms with Gasteiger partial charge in [-0.3, -0.25) is 14.4 Å². The van der Waals surface area contributed by atoms with Gasteiger partial charge in [0.1, 0.15) is 11.6 Å². The largest absolute Gasteiger partial charge is 0.394 e. The summed E-state index contributed by atoms with van der Waals surface area (Å²) in [6.07, 6.45) is 5.31. The van der Waals surface area contributed by atoms with E-state index in [9.17, 15) is 19.5 Å². The summed E-state index contributed by atoms with van der Waals surface area (Å²) >= 11 is 0. The molecule has 0 aromatic heterocycles. The normalized spacial score (nSPS) is 27.9. The van der Waals surface area contributed by atoms with Crippen LogP contribution in [0.15, 0.2) is 86.0 Å². The van der Waals surface area contributed by atoms with Crippen molar-refractivity contribution in [1.82, 2.24) is 14.7 Å². The van der Waals surface area contributed by atoms with E-state index >= 15 is 0 Å². The molecule has 2 aromatic rings. The highest BCUT2D eigenvalue weighted by Crippen LogP contribution is 2.65. The summed E-state index contributed by atoms with van der Waals surface area (Å²) in [6.45, 7) is 10.3. The first-order valence-corrected chi connectivity index (χ1v) is 15.2. The quantitative estimate of drug-likeness (QED) is 0.363. The summed E-state index contributed by atoms with van der Waals surface area (Å²) in [6, 6.07) is 17.7. The summed E-state index contributed by atoms with van der Waals surface area (Å²) in [7, 11) is 1.71. The number of amides is 3. The van der Waals surface area contributed by atoms with Crippen molar-refractivity contribution in [2.45, 2.75) is 62.4 Å². The maximum absolute atomic E-state index is 14.8. The van der Waals surface area contributed by atoms with Crippen LogP contribution in [-0.2, 0) is 32.1 Å². The van der Waals surface area contributed by atoms with E-state index in [2.05, 4.69) is 13.2 Å². The Morgan fingerprint density at radius 1 is 1.02 bits per heavy atom. The van der Waals surface area contributed by atoms with Crippen molar-refractivity contribution < 1.29 is 24.2 Å². The Bertz CT molecular complexity index is 1350. The van der Waals surface area contributed by atoms with Gasteiger partial charge in [-0.15, -0.1) is 13.2 Å². The van der Waals surface area contributed by atoms with Gasteiger partial charge in [0.05, 0.1) is 30.1 Å². The Kier molecular flexibility index (Phi) is 8.90. The van der Waals surface area contributed by atoms with Crippen LogP contribution in [0.4, 0.5) is 0 Å². The number of aliphatic hydroxyl groups excluding tert-OH is 1. The first kappa shape index (κ1) is 30.7. The van der Waals surface area contributed by atoms with Crippen LogP contribution >= 0.6 is 0 Å². The van der Waals surface area contributed by atoms with Crippen LogP contribution in [0, 0.1) is 11.8 Å². The zero-order valence-electron chi connectivity index (χ0n) is 25.2. The van der Waals surface area contributed by atoms with Crippen LogP contribution in [0.5, 0.6) is 0 Å². The molecule has 2 unspecified atom stereocenters. The third kappa shape index (κ3) is 5.21. The predicted octanol–water partition coefficient (Wildman–Crippen LogP) is 3.60. The number of benzene rings is 2. The Morgan fingerprint density at radius 3 is 2.23 bits per heavy atom. The summed E-state index contributed by atoms with van der Waals surface area (Å²) in [4.78, 5) is 48.4. The maximum Gasteiger partial charge on any atom is 0.249 e. The lowest BCUT2D eigenvalue weighted by Gasteiger charge is -2.39. The van der Waals surface area contributed by atoms with Crippen molar-refractivity contribution in [3.63, 3.8) is 0 Å². The lowest BCUT2D eigenvalue weighted by atomic mass is 9.64. The fourth-order valence-electron chi connectivity index (χ4n) is 7.73. The molecule has 3 saturated heterocycles. The van der Waals surface area contributed by atoms with Gasteiger partial charge in [0.15, 0.2) is 0 Å². The van der Waals surface area contributed by atoms with Gasteiger partial charge in [-0.2, -0.15) is 0 Å². The van der Waals surface area contributed by atoms with Crippen LogP contribution < -0.4 is 0 Å². The number of likely N-dealkylation sites (N-methyl/N-ethyl adjacent to an activating group) is 1. The zero-order chi connectivity index (χ0) is 30.8. The number of hydrogen-bond donors (Lipinski definition) is 1. The SMILES string of the molecule is C=CCN(C)C(=O)[C@H]1[C@H]2C(=O)N([C@@H](CO)Cc3ccccc3)C(C(=O)N(CC=C)Cc3ccccc3)C23CC[C@]1(CC)O3. The summed E-state index contributed by atoms with van der Waals surface area (Å²) in [5, 5.41) is 10.7. The second-order valence-electron chi connectivity index (χ2n) is 12.1. The number of aliphatic hydroxyl groups is 1. The Hall–Kier alpha value is -3.75. The molecule has 228 valence electrons. The smallest absolute Gasteiger partial charge is 0.249 e. The van der Waals surface area contributed by atoms with Crippen molar-refractivity contribution in [3.8, 4) is 0 Å². The van der Waals surface area contributed by atoms with Crippen molar-refractivity contribution in [1.29, 1.82) is 0 Å². The Morgan fingerprint density at radius 2 is 1.65 bits per heavy atom. The molecule has 3 amide bonds. The first-order chi connectivity index (χ1) is 20.8. The molecule has 8 heteroatoms. The molecule has 3 heterocycles. The second kappa shape index (κ2) is 12.5. The van der Waals surface area contributed by atoms with Gasteiger partial charge in [0.25, 0.3) is 0 Å². The number of carbonyl (C=O) groups excluding carboxylic acids is 3. The Labute approximate surface area is 254 Å². The van der Waals surface area contributed by atoms with E-state index in [1.165, 1.54) is 0 Å². The molecule has 0 radical (unpaired) electrons. The number of nitrogens with zero attached hydrogens (tertiary/aromatic N) is 3. The van der Waals surface area contributed by atoms with Crippen LogP contribution in [0.25, 0.3) is 0 Å². The summed E-state index contributed by atoms with van der Waals surface area (Å²) < 4.78 is 6.95. The number of carbonyl (C=O) groups is 3. The minimum absolute atomic E-state index is 0.175. The lowest BCUT2D eigenvalue weighted by molar-refractivity contribution is -0.157. The number of rotatable bonds is 13. The van der Waals surface area contributed by atoms with E-state index in [4.69, 9.17) is 4.74 Å². The molecule has 0 saturated carbocycles. The highest BCUT2D eigenvalue weighted by molar-refractivity contribution is 5.99. The Balaban J connectivity index is 1.61. The standard InChI is InChI=1S/C35H43N3O5/c1-5-20-36(4)31(40)28-29-32(41)38(27(24-39)22-25-14-10-8-11-15-25)30(35(29)19-18-34(28,7-3)43-35)33(42)37(21-6-2)23-26-16-12-9-13-17-26/h5-6,8-17,27-30,39H,1-2,7,18-24H2,3-4H3/t27-,28-,29+,30?,34+,35?/m1/s1. The number of fused-ring (bicyclic) bond motifs is 1. The first-order valence-electron chi connectivity index (χ1n) is 15.2. The molecule has 2 aromatic carbocycles. The van der Waals surface area contributed by atoms with Crippen LogP contribution in [0.2, 0.25) is 0 Å². The van der Waals surface area contributed by atoms with Crippen molar-refractivity contribution in [2.24, 2.45) is 11.8 Å². The number of ether oxygens (including phenoxy) is 1. The molecule has 5 rings (SSSR count). The van der Waals surface area contributed by atoms with Crippen LogP contribution in [0.3, 0.4) is 0 Å². The molecule has 3 aliphatic rings. The molecule has 3 fully saturated rings. The van der Waals surface area contributed by atoms with Crippen LogP contribution in [0.1, 0.15) is 37.3 Å². The molecular formula is C35H43N3O5. The molecule has 1 N–H and O–H groups in total. The third-order valence-corrected chi connectivity index (χ3v) is 9.69. The van der Waals surface area contributed by atoms with Crippen LogP contribution in [-0.4, -0.2) is 87.6 Å². The average molecular weight is 586 g/mol. The lowest BCUT2D eigenvalue weighted by Crippen LogP contribution is -2.59. The molecule has 6 atom stereocenters. The van der Waals surface area contributed by atoms with E-state index in [1.54, 1.807) is 33.9 Å². The maximum atomic E-state index is 14.8. The molecule has 2 bridgehead atoms. The minimum atomic E-state index is -1.18. The average Bonchev–Trinajstić information content (AvgIpc) is 3.63. The fourth-order valence-corrected chi connectivity index (χ4v) is 7.73. The van der Waals surface area contributed by atoms with Gasteiger partial charge >= 0.3 is 0 Å².